The Morgan fingerprint density at radius 1 is 1.18 bits per heavy atom. The molecule has 0 saturated heterocycles. The van der Waals surface area contributed by atoms with Gasteiger partial charge in [0.15, 0.2) is 0 Å². The minimum atomic E-state index is -0.762. The third kappa shape index (κ3) is 4.05. The maximum absolute atomic E-state index is 11.7. The Labute approximate surface area is 126 Å². The summed E-state index contributed by atoms with van der Waals surface area (Å²) in [6.45, 7) is 3.30. The summed E-state index contributed by atoms with van der Waals surface area (Å²) >= 11 is 0. The van der Waals surface area contributed by atoms with Crippen molar-refractivity contribution in [3.05, 3.63) is 45.1 Å². The molecule has 1 N–H and O–H groups in total. The van der Waals surface area contributed by atoms with Crippen LogP contribution in [0.1, 0.15) is 11.1 Å². The fourth-order valence-corrected chi connectivity index (χ4v) is 1.81. The molecule has 1 rings (SSSR count). The van der Waals surface area contributed by atoms with Crippen molar-refractivity contribution in [2.45, 2.75) is 13.8 Å². The molecule has 0 atom stereocenters. The minimum Gasteiger partial charge on any atom is -0.466 e. The summed E-state index contributed by atoms with van der Waals surface area (Å²) in [5.41, 5.74) is 1.38. The summed E-state index contributed by atoms with van der Waals surface area (Å²) in [7, 11) is 2.35. The zero-order valence-electron chi connectivity index (χ0n) is 12.6. The molecule has 0 aliphatic carbocycles. The number of methoxy groups -OCH3 is 2. The number of rotatable bonds is 5. The van der Waals surface area contributed by atoms with Gasteiger partial charge in [0.1, 0.15) is 5.70 Å². The Hall–Kier alpha value is -2.90. The number of carbonyl (C=O) groups excluding carboxylic acids is 2. The molecular formula is C14H16N2O6. The second-order valence-corrected chi connectivity index (χ2v) is 4.41. The van der Waals surface area contributed by atoms with Gasteiger partial charge in [0.25, 0.3) is 5.69 Å². The molecule has 0 aliphatic rings. The zero-order chi connectivity index (χ0) is 16.9. The first-order valence-corrected chi connectivity index (χ1v) is 6.20. The lowest BCUT2D eigenvalue weighted by atomic mass is 10.1. The van der Waals surface area contributed by atoms with Crippen LogP contribution in [0.15, 0.2) is 23.9 Å². The summed E-state index contributed by atoms with van der Waals surface area (Å²) in [6, 6.07) is 2.73. The number of hydrogen-bond acceptors (Lipinski definition) is 7. The molecule has 8 nitrogen and oxygen atoms in total. The number of hydrogen-bond donors (Lipinski definition) is 1. The summed E-state index contributed by atoms with van der Waals surface area (Å²) in [6.07, 6.45) is 0.951. The smallest absolute Gasteiger partial charge is 0.354 e. The normalized spacial score (nSPS) is 10.8. The number of esters is 2. The lowest BCUT2D eigenvalue weighted by Crippen LogP contribution is -2.16. The van der Waals surface area contributed by atoms with Gasteiger partial charge in [-0.2, -0.15) is 0 Å². The standard InChI is InChI=1S/C14H16N2O6/c1-8-5-10(16(19)20)6-9(2)13(8)15-11(14(18)22-4)7-12(17)21-3/h5-7,15H,1-4H3/b11-7+. The first-order chi connectivity index (χ1) is 10.3. The van der Waals surface area contributed by atoms with Gasteiger partial charge in [-0.1, -0.05) is 0 Å². The summed E-state index contributed by atoms with van der Waals surface area (Å²) in [5.74, 6) is -1.49. The predicted octanol–water partition coefficient (Wildman–Crippen LogP) is 1.85. The van der Waals surface area contributed by atoms with Gasteiger partial charge in [-0.05, 0) is 25.0 Å². The molecule has 0 fully saturated rings. The van der Waals surface area contributed by atoms with Crippen LogP contribution >= 0.6 is 0 Å². The van der Waals surface area contributed by atoms with Crippen LogP contribution in [0.5, 0.6) is 0 Å². The van der Waals surface area contributed by atoms with Crippen molar-refractivity contribution in [2.75, 3.05) is 19.5 Å². The maximum Gasteiger partial charge on any atom is 0.354 e. The van der Waals surface area contributed by atoms with E-state index in [0.717, 1.165) is 6.08 Å². The molecule has 0 aliphatic heterocycles. The SMILES string of the molecule is COC(=O)/C=C(/Nc1c(C)cc([N+](=O)[O-])cc1C)C(=O)OC. The van der Waals surface area contributed by atoms with Crippen molar-refractivity contribution in [1.29, 1.82) is 0 Å². The Morgan fingerprint density at radius 2 is 1.73 bits per heavy atom. The van der Waals surface area contributed by atoms with Gasteiger partial charge in [0.2, 0.25) is 0 Å². The van der Waals surface area contributed by atoms with Gasteiger partial charge in [-0.25, -0.2) is 9.59 Å². The van der Waals surface area contributed by atoms with E-state index < -0.39 is 16.9 Å². The summed E-state index contributed by atoms with van der Waals surface area (Å²) in [4.78, 5) is 33.3. The van der Waals surface area contributed by atoms with Gasteiger partial charge in [-0.3, -0.25) is 10.1 Å². The van der Waals surface area contributed by atoms with Crippen LogP contribution < -0.4 is 5.32 Å². The first-order valence-electron chi connectivity index (χ1n) is 6.20. The highest BCUT2D eigenvalue weighted by molar-refractivity contribution is 5.99. The minimum absolute atomic E-state index is 0.0582. The van der Waals surface area contributed by atoms with E-state index in [-0.39, 0.29) is 11.4 Å². The molecule has 1 aromatic carbocycles. The number of benzene rings is 1. The molecule has 0 heterocycles. The molecule has 0 unspecified atom stereocenters. The topological polar surface area (TPSA) is 108 Å². The molecular weight excluding hydrogens is 292 g/mol. The molecule has 0 saturated carbocycles. The van der Waals surface area contributed by atoms with Crippen molar-refractivity contribution >= 4 is 23.3 Å². The van der Waals surface area contributed by atoms with Crippen LogP contribution in [-0.4, -0.2) is 31.1 Å². The number of nitro benzene ring substituents is 1. The molecule has 0 radical (unpaired) electrons. The average molecular weight is 308 g/mol. The van der Waals surface area contributed by atoms with Gasteiger partial charge in [-0.15, -0.1) is 0 Å². The van der Waals surface area contributed by atoms with Crippen LogP contribution in [0.3, 0.4) is 0 Å². The number of ether oxygens (including phenoxy) is 2. The van der Waals surface area contributed by atoms with E-state index in [1.165, 1.54) is 26.4 Å². The van der Waals surface area contributed by atoms with Gasteiger partial charge >= 0.3 is 11.9 Å². The quantitative estimate of drug-likeness (QED) is 0.383. The third-order valence-electron chi connectivity index (χ3n) is 2.86. The van der Waals surface area contributed by atoms with Gasteiger partial charge in [0, 0.05) is 17.8 Å². The highest BCUT2D eigenvalue weighted by Gasteiger charge is 2.17. The van der Waals surface area contributed by atoms with E-state index >= 15 is 0 Å². The molecule has 118 valence electrons. The zero-order valence-corrected chi connectivity index (χ0v) is 12.6. The Kier molecular flexibility index (Phi) is 5.62. The Bertz CT molecular complexity index is 628. The Balaban J connectivity index is 3.24. The monoisotopic (exact) mass is 308 g/mol. The van der Waals surface area contributed by atoms with Crippen LogP contribution in [0.4, 0.5) is 11.4 Å². The molecule has 1 aromatic rings. The third-order valence-corrected chi connectivity index (χ3v) is 2.86. The molecule has 0 aromatic heterocycles. The number of aryl methyl sites for hydroxylation is 2. The van der Waals surface area contributed by atoms with E-state index in [1.807, 2.05) is 0 Å². The summed E-state index contributed by atoms with van der Waals surface area (Å²) < 4.78 is 9.06. The fourth-order valence-electron chi connectivity index (χ4n) is 1.81. The number of non-ortho nitro benzene ring substituents is 1. The van der Waals surface area contributed by atoms with Crippen molar-refractivity contribution in [2.24, 2.45) is 0 Å². The second-order valence-electron chi connectivity index (χ2n) is 4.41. The van der Waals surface area contributed by atoms with Crippen LogP contribution in [0.25, 0.3) is 0 Å². The second kappa shape index (κ2) is 7.21. The van der Waals surface area contributed by atoms with E-state index in [9.17, 15) is 19.7 Å². The predicted molar refractivity (Wildman–Crippen MR) is 78.3 cm³/mol. The number of carbonyl (C=O) groups is 2. The number of nitro groups is 1. The van der Waals surface area contributed by atoms with E-state index in [0.29, 0.717) is 16.8 Å². The van der Waals surface area contributed by atoms with Crippen LogP contribution in [-0.2, 0) is 19.1 Å². The molecule has 0 spiro atoms. The Morgan fingerprint density at radius 3 is 2.14 bits per heavy atom. The average Bonchev–Trinajstić information content (AvgIpc) is 2.48. The van der Waals surface area contributed by atoms with Crippen molar-refractivity contribution in [3.63, 3.8) is 0 Å². The molecule has 22 heavy (non-hydrogen) atoms. The summed E-state index contributed by atoms with van der Waals surface area (Å²) in [5, 5.41) is 13.6. The highest BCUT2D eigenvalue weighted by Crippen LogP contribution is 2.27. The van der Waals surface area contributed by atoms with E-state index in [2.05, 4.69) is 14.8 Å². The van der Waals surface area contributed by atoms with E-state index in [4.69, 9.17) is 0 Å². The number of nitrogens with one attached hydrogen (secondary N) is 1. The molecule has 0 amide bonds. The highest BCUT2D eigenvalue weighted by atomic mass is 16.6. The first kappa shape index (κ1) is 17.2. The van der Waals surface area contributed by atoms with Crippen molar-refractivity contribution in [1.82, 2.24) is 0 Å². The van der Waals surface area contributed by atoms with Crippen molar-refractivity contribution in [3.8, 4) is 0 Å². The molecule has 8 heteroatoms. The molecule has 0 bridgehead atoms. The van der Waals surface area contributed by atoms with E-state index in [1.54, 1.807) is 13.8 Å². The number of nitrogens with zero attached hydrogens (tertiary/aromatic N) is 1. The number of anilines is 1. The lowest BCUT2D eigenvalue weighted by Gasteiger charge is -2.14. The largest absolute Gasteiger partial charge is 0.466 e. The van der Waals surface area contributed by atoms with Crippen LogP contribution in [0, 0.1) is 24.0 Å². The lowest BCUT2D eigenvalue weighted by molar-refractivity contribution is -0.384. The maximum atomic E-state index is 11.7. The van der Waals surface area contributed by atoms with Gasteiger partial charge in [0.05, 0.1) is 25.2 Å². The van der Waals surface area contributed by atoms with Crippen LogP contribution in [0.2, 0.25) is 0 Å². The fraction of sp³-hybridized carbons (Fsp3) is 0.286. The van der Waals surface area contributed by atoms with Gasteiger partial charge < -0.3 is 14.8 Å². The van der Waals surface area contributed by atoms with Crippen molar-refractivity contribution < 1.29 is 24.0 Å².